The van der Waals surface area contributed by atoms with E-state index in [4.69, 9.17) is 9.47 Å². The predicted octanol–water partition coefficient (Wildman–Crippen LogP) is 6.45. The molecule has 1 saturated carbocycles. The molecule has 1 atom stereocenters. The molecule has 9 heteroatoms. The first-order valence-electron chi connectivity index (χ1n) is 17.4. The van der Waals surface area contributed by atoms with Crippen LogP contribution in [0.3, 0.4) is 0 Å². The molecule has 0 spiro atoms. The Bertz CT molecular complexity index is 1400. The molecule has 2 aromatic carbocycles. The Morgan fingerprint density at radius 1 is 0.872 bits per heavy atom. The number of hydrogen-bond donors (Lipinski definition) is 0. The lowest BCUT2D eigenvalue weighted by Crippen LogP contribution is -2.57. The Balaban J connectivity index is 1.18. The van der Waals surface area contributed by atoms with Crippen LogP contribution >= 0.6 is 0 Å². The first kappa shape index (κ1) is 34.6. The lowest BCUT2D eigenvalue weighted by Gasteiger charge is -2.39. The highest BCUT2D eigenvalue weighted by Gasteiger charge is 2.39. The third-order valence-electron chi connectivity index (χ3n) is 9.33. The molecule has 1 aliphatic carbocycles. The van der Waals surface area contributed by atoms with E-state index in [2.05, 4.69) is 54.0 Å². The second-order valence-corrected chi connectivity index (χ2v) is 15.2. The molecule has 3 aliphatic rings. The van der Waals surface area contributed by atoms with Gasteiger partial charge in [0.05, 0.1) is 5.92 Å². The zero-order valence-electron chi connectivity index (χ0n) is 29.5. The summed E-state index contributed by atoms with van der Waals surface area (Å²) in [6.45, 7) is 17.4. The summed E-state index contributed by atoms with van der Waals surface area (Å²) in [6.07, 6.45) is 3.65. The predicted molar refractivity (Wildman–Crippen MR) is 185 cm³/mol. The molecule has 2 aliphatic heterocycles. The molecule has 5 rings (SSSR count). The molecule has 2 aromatic rings. The zero-order valence-corrected chi connectivity index (χ0v) is 29.5. The van der Waals surface area contributed by atoms with Gasteiger partial charge in [-0.1, -0.05) is 44.2 Å². The van der Waals surface area contributed by atoms with Gasteiger partial charge in [-0.15, -0.1) is 0 Å². The van der Waals surface area contributed by atoms with Crippen LogP contribution in [0.25, 0.3) is 0 Å². The van der Waals surface area contributed by atoms with Crippen LogP contribution < -0.4 is 9.64 Å². The Morgan fingerprint density at radius 3 is 2.15 bits per heavy atom. The van der Waals surface area contributed by atoms with Crippen LogP contribution in [-0.4, -0.2) is 89.1 Å². The second kappa shape index (κ2) is 14.2. The van der Waals surface area contributed by atoms with E-state index >= 15 is 0 Å². The van der Waals surface area contributed by atoms with E-state index in [1.165, 1.54) is 11.1 Å². The molecule has 3 amide bonds. The summed E-state index contributed by atoms with van der Waals surface area (Å²) in [4.78, 5) is 47.8. The zero-order chi connectivity index (χ0) is 33.9. The molecule has 0 unspecified atom stereocenters. The highest BCUT2D eigenvalue weighted by Crippen LogP contribution is 2.34. The number of anilines is 1. The number of carbonyl (C=O) groups is 3. The fraction of sp³-hybridized carbons (Fsp3) is 0.605. The molecule has 0 N–H and O–H groups in total. The molecule has 2 saturated heterocycles. The van der Waals surface area contributed by atoms with Crippen LogP contribution in [0, 0.1) is 5.92 Å². The van der Waals surface area contributed by atoms with E-state index in [0.29, 0.717) is 57.0 Å². The first-order chi connectivity index (χ1) is 22.2. The lowest BCUT2D eigenvalue weighted by molar-refractivity contribution is -0.147. The van der Waals surface area contributed by atoms with Gasteiger partial charge >= 0.3 is 6.09 Å². The highest BCUT2D eigenvalue weighted by molar-refractivity contribution is 5.85. The van der Waals surface area contributed by atoms with Crippen LogP contribution in [0.4, 0.5) is 10.5 Å². The molecule has 2 heterocycles. The maximum atomic E-state index is 13.9. The van der Waals surface area contributed by atoms with Crippen molar-refractivity contribution in [2.24, 2.45) is 5.92 Å². The van der Waals surface area contributed by atoms with E-state index in [-0.39, 0.29) is 23.8 Å². The minimum atomic E-state index is -1.09. The number of piperazine rings is 1. The molecule has 0 aromatic heterocycles. The molecule has 47 heavy (non-hydrogen) atoms. The summed E-state index contributed by atoms with van der Waals surface area (Å²) in [6, 6.07) is 16.9. The van der Waals surface area contributed by atoms with Gasteiger partial charge in [0.1, 0.15) is 11.4 Å². The van der Waals surface area contributed by atoms with Crippen molar-refractivity contribution in [3.05, 3.63) is 59.7 Å². The van der Waals surface area contributed by atoms with Crippen LogP contribution in [0.2, 0.25) is 0 Å². The van der Waals surface area contributed by atoms with Gasteiger partial charge in [0.15, 0.2) is 5.60 Å². The van der Waals surface area contributed by atoms with Crippen molar-refractivity contribution in [2.75, 3.05) is 44.2 Å². The van der Waals surface area contributed by atoms with E-state index in [1.807, 2.05) is 39.0 Å². The molecule has 9 nitrogen and oxygen atoms in total. The molecular formula is C38H54N4O5. The maximum absolute atomic E-state index is 13.9. The van der Waals surface area contributed by atoms with E-state index in [9.17, 15) is 14.4 Å². The number of carbonyl (C=O) groups excluding carboxylic acids is 3. The molecule has 3 fully saturated rings. The lowest BCUT2D eigenvalue weighted by atomic mass is 9.95. The average molecular weight is 647 g/mol. The number of nitrogens with zero attached hydrogens (tertiary/aromatic N) is 4. The number of benzene rings is 2. The normalized spacial score (nSPS) is 19.1. The van der Waals surface area contributed by atoms with Gasteiger partial charge in [-0.05, 0) is 89.5 Å². The fourth-order valence-corrected chi connectivity index (χ4v) is 6.51. The van der Waals surface area contributed by atoms with E-state index < -0.39 is 11.2 Å². The van der Waals surface area contributed by atoms with Crippen molar-refractivity contribution in [3.63, 3.8) is 0 Å². The van der Waals surface area contributed by atoms with Gasteiger partial charge in [-0.25, -0.2) is 4.79 Å². The molecular weight excluding hydrogens is 592 g/mol. The molecule has 0 bridgehead atoms. The van der Waals surface area contributed by atoms with Crippen molar-refractivity contribution in [1.82, 2.24) is 14.7 Å². The van der Waals surface area contributed by atoms with E-state index in [1.54, 1.807) is 23.6 Å². The second-order valence-electron chi connectivity index (χ2n) is 15.2. The third kappa shape index (κ3) is 8.99. The van der Waals surface area contributed by atoms with Crippen molar-refractivity contribution in [2.45, 2.75) is 104 Å². The molecule has 256 valence electrons. The number of hydrogen-bond acceptors (Lipinski definition) is 6. The van der Waals surface area contributed by atoms with Crippen molar-refractivity contribution < 1.29 is 23.9 Å². The van der Waals surface area contributed by atoms with Gasteiger partial charge in [0.25, 0.3) is 5.91 Å². The van der Waals surface area contributed by atoms with Crippen LogP contribution in [0.15, 0.2) is 48.5 Å². The minimum Gasteiger partial charge on any atom is -0.478 e. The Kier molecular flexibility index (Phi) is 10.4. The standard InChI is InChI=1S/C38H54N4O5/c1-27(2)29-15-13-28(14-16-29)25-42(31-17-18-31)34(43)30-10-9-19-41(26-30)32-11-8-12-33(24-32)46-38(6,7)35(44)39-20-22-40(23-21-39)36(45)47-37(3,4)5/h8,11-16,24,27,30-31H,9-10,17-23,25-26H2,1-7H3/t30-/m1/s1. The van der Waals surface area contributed by atoms with Crippen LogP contribution in [-0.2, 0) is 20.9 Å². The summed E-state index contributed by atoms with van der Waals surface area (Å²) in [5.74, 6) is 1.19. The SMILES string of the molecule is CC(C)c1ccc(CN(C(=O)[C@@H]2CCCN(c3cccc(OC(C)(C)C(=O)N4CCN(C(=O)OC(C)(C)C)CC4)c3)C2)C2CC2)cc1. The number of amides is 3. The number of ether oxygens (including phenoxy) is 2. The fourth-order valence-electron chi connectivity index (χ4n) is 6.51. The summed E-state index contributed by atoms with van der Waals surface area (Å²) in [5, 5.41) is 0. The Hall–Kier alpha value is -3.75. The van der Waals surface area contributed by atoms with Gasteiger partial charge in [0, 0.05) is 63.6 Å². The van der Waals surface area contributed by atoms with Gasteiger partial charge in [0.2, 0.25) is 5.91 Å². The van der Waals surface area contributed by atoms with Gasteiger partial charge in [-0.3, -0.25) is 9.59 Å². The third-order valence-corrected chi connectivity index (χ3v) is 9.33. The minimum absolute atomic E-state index is 0.0544. The van der Waals surface area contributed by atoms with Crippen LogP contribution in [0.1, 0.15) is 91.2 Å². The van der Waals surface area contributed by atoms with Crippen molar-refractivity contribution in [3.8, 4) is 5.75 Å². The maximum Gasteiger partial charge on any atom is 0.410 e. The Labute approximate surface area is 281 Å². The van der Waals surface area contributed by atoms with Crippen LogP contribution in [0.5, 0.6) is 5.75 Å². The molecule has 0 radical (unpaired) electrons. The Morgan fingerprint density at radius 2 is 1.53 bits per heavy atom. The summed E-state index contributed by atoms with van der Waals surface area (Å²) in [5.41, 5.74) is 1.85. The monoisotopic (exact) mass is 646 g/mol. The van der Waals surface area contributed by atoms with Gasteiger partial charge in [-0.2, -0.15) is 0 Å². The van der Waals surface area contributed by atoms with Gasteiger partial charge < -0.3 is 29.1 Å². The first-order valence-corrected chi connectivity index (χ1v) is 17.4. The average Bonchev–Trinajstić information content (AvgIpc) is 3.88. The number of rotatable bonds is 9. The van der Waals surface area contributed by atoms with E-state index in [0.717, 1.165) is 37.9 Å². The summed E-state index contributed by atoms with van der Waals surface area (Å²) < 4.78 is 11.8. The summed E-state index contributed by atoms with van der Waals surface area (Å²) >= 11 is 0. The quantitative estimate of drug-likeness (QED) is 0.311. The summed E-state index contributed by atoms with van der Waals surface area (Å²) in [7, 11) is 0. The number of piperidine rings is 1. The highest BCUT2D eigenvalue weighted by atomic mass is 16.6. The van der Waals surface area contributed by atoms with Crippen molar-refractivity contribution in [1.29, 1.82) is 0 Å². The largest absolute Gasteiger partial charge is 0.478 e. The topological polar surface area (TPSA) is 82.6 Å². The smallest absolute Gasteiger partial charge is 0.410 e. The van der Waals surface area contributed by atoms with Crippen molar-refractivity contribution >= 4 is 23.6 Å².